The highest BCUT2D eigenvalue weighted by molar-refractivity contribution is 7.08. The first-order chi connectivity index (χ1) is 24.7. The summed E-state index contributed by atoms with van der Waals surface area (Å²) in [4.78, 5) is 18.8. The van der Waals surface area contributed by atoms with E-state index in [0.29, 0.717) is 5.71 Å². The third kappa shape index (κ3) is 14.7. The first-order valence-corrected chi connectivity index (χ1v) is 16.6. The molecule has 0 amide bonds. The lowest BCUT2D eigenvalue weighted by Gasteiger charge is -2.05. The van der Waals surface area contributed by atoms with Crippen molar-refractivity contribution in [1.82, 2.24) is 4.57 Å². The van der Waals surface area contributed by atoms with E-state index < -0.39 is 0 Å². The van der Waals surface area contributed by atoms with Gasteiger partial charge in [0.05, 0.1) is 24.2 Å². The van der Waals surface area contributed by atoms with Gasteiger partial charge in [0.1, 0.15) is 51.4 Å². The Kier molecular flexibility index (Phi) is 19.1. The molecule has 0 fully saturated rings. The van der Waals surface area contributed by atoms with E-state index in [-0.39, 0.29) is 5.82 Å². The molecule has 0 saturated heterocycles. The molecule has 5 rings (SSSR count). The van der Waals surface area contributed by atoms with Crippen LogP contribution in [-0.4, -0.2) is 63.0 Å². The van der Waals surface area contributed by atoms with Crippen molar-refractivity contribution in [1.29, 1.82) is 0 Å². The fourth-order valence-electron chi connectivity index (χ4n) is 4.27. The lowest BCUT2D eigenvalue weighted by molar-refractivity contribution is 0.213. The molecule has 270 valence electrons. The van der Waals surface area contributed by atoms with Crippen molar-refractivity contribution in [3.8, 4) is 5.75 Å². The molecule has 0 N–H and O–H groups in total. The maximum Gasteiger partial charge on any atom is 0.123 e. The Bertz CT molecular complexity index is 1800. The number of aryl methyl sites for hydroxylation is 1. The molecule has 3 aromatic carbocycles. The number of hydrogen-bond donors (Lipinski definition) is 0. The van der Waals surface area contributed by atoms with Gasteiger partial charge in [-0.1, -0.05) is 51.0 Å². The smallest absolute Gasteiger partial charge is 0.123 e. The van der Waals surface area contributed by atoms with Gasteiger partial charge in [0.25, 0.3) is 0 Å². The van der Waals surface area contributed by atoms with Crippen molar-refractivity contribution >= 4 is 34.2 Å². The fraction of sp³-hybridized carbons (Fsp3) is 0.231. The summed E-state index contributed by atoms with van der Waals surface area (Å²) >= 11 is 1.66. The Morgan fingerprint density at radius 1 is 0.569 bits per heavy atom. The van der Waals surface area contributed by atoms with Gasteiger partial charge in [-0.3, -0.25) is 0 Å². The van der Waals surface area contributed by atoms with Gasteiger partial charge in [0.15, 0.2) is 0 Å². The quantitative estimate of drug-likeness (QED) is 0.106. The highest BCUT2D eigenvalue weighted by Crippen LogP contribution is 2.13. The van der Waals surface area contributed by atoms with E-state index in [1.165, 1.54) is 26.4 Å². The summed E-state index contributed by atoms with van der Waals surface area (Å²) in [5.41, 5.74) is 8.34. The van der Waals surface area contributed by atoms with Crippen LogP contribution >= 0.6 is 11.3 Å². The summed E-state index contributed by atoms with van der Waals surface area (Å²) < 4.78 is 19.9. The number of ether oxygens (including phenoxy) is 1. The maximum atomic E-state index is 12.9. The average molecular weight is 716 g/mol. The molecule has 0 radical (unpaired) electrons. The van der Waals surface area contributed by atoms with Crippen LogP contribution in [-0.2, 0) is 26.4 Å². The van der Waals surface area contributed by atoms with Gasteiger partial charge in [-0.15, -0.1) is 0 Å². The Labute approximate surface area is 304 Å². The molecule has 0 bridgehead atoms. The van der Waals surface area contributed by atoms with E-state index in [1.807, 2.05) is 122 Å². The van der Waals surface area contributed by atoms with E-state index in [1.54, 1.807) is 44.8 Å². The van der Waals surface area contributed by atoms with Gasteiger partial charge in [-0.05, 0) is 104 Å². The van der Waals surface area contributed by atoms with Crippen molar-refractivity contribution in [3.63, 3.8) is 0 Å². The molecule has 0 spiro atoms. The minimum absolute atomic E-state index is 0.265. The molecule has 2 heterocycles. The third-order valence-electron chi connectivity index (χ3n) is 6.79. The molecular weight excluding hydrogens is 670 g/mol. The van der Waals surface area contributed by atoms with E-state index >= 15 is 0 Å². The van der Waals surface area contributed by atoms with Crippen LogP contribution in [0.1, 0.15) is 48.7 Å². The third-order valence-corrected chi connectivity index (χ3v) is 7.48. The summed E-state index contributed by atoms with van der Waals surface area (Å²) in [7, 11) is 9.75. The number of aromatic nitrogens is 1. The molecule has 12 heteroatoms. The minimum atomic E-state index is -0.265. The van der Waals surface area contributed by atoms with Crippen molar-refractivity contribution in [2.45, 2.75) is 20.8 Å². The van der Waals surface area contributed by atoms with Crippen LogP contribution in [0.15, 0.2) is 135 Å². The number of nitrogens with zero attached hydrogens (tertiary/aromatic N) is 5. The fourth-order valence-corrected chi connectivity index (χ4v) is 4.97. The average Bonchev–Trinajstić information content (AvgIpc) is 3.85. The van der Waals surface area contributed by atoms with Gasteiger partial charge < -0.3 is 28.7 Å². The number of methoxy groups -OCH3 is 1. The SMILES string of the molecule is CON=C(C)c1ccc(OC)cc1.CON=C(C)c1cccn1C.CON=C(C)c1ccsc1.CON=C(c1ccccc1)c1ccc(F)cc1. The van der Waals surface area contributed by atoms with Crippen LogP contribution < -0.4 is 4.74 Å². The van der Waals surface area contributed by atoms with E-state index in [2.05, 4.69) is 35.1 Å². The predicted octanol–water partition coefficient (Wildman–Crippen LogP) is 8.80. The van der Waals surface area contributed by atoms with Crippen LogP contribution in [0.5, 0.6) is 5.75 Å². The Balaban J connectivity index is 0.000000241. The summed E-state index contributed by atoms with van der Waals surface area (Å²) in [5, 5.41) is 19.5. The van der Waals surface area contributed by atoms with Gasteiger partial charge in [0, 0.05) is 29.9 Å². The van der Waals surface area contributed by atoms with Gasteiger partial charge in [0.2, 0.25) is 0 Å². The molecule has 0 aliphatic carbocycles. The summed E-state index contributed by atoms with van der Waals surface area (Å²) in [6.45, 7) is 5.73. The van der Waals surface area contributed by atoms with Crippen LogP contribution in [0.2, 0.25) is 0 Å². The van der Waals surface area contributed by atoms with Crippen LogP contribution in [0.4, 0.5) is 4.39 Å². The standard InChI is InChI=1S/C14H12FNO.C10H13NO2.C8H12N2O.C7H9NOS/c1-17-16-14(11-5-3-2-4-6-11)12-7-9-13(15)10-8-12;1-8(11-13-3)9-4-6-10(12-2)7-5-9;1-7(9-11-3)8-5-4-6-10(8)2;1-6(8-9-2)7-3-4-10-5-7/h2-10H,1H3;4-7H,1-3H3;4-6H,1-3H3;3-5H,1-2H3. The highest BCUT2D eigenvalue weighted by Gasteiger charge is 2.07. The molecule has 10 nitrogen and oxygen atoms in total. The number of hydrogen-bond acceptors (Lipinski definition) is 10. The molecule has 2 aromatic heterocycles. The molecule has 0 aliphatic heterocycles. The Morgan fingerprint density at radius 3 is 1.59 bits per heavy atom. The highest BCUT2D eigenvalue weighted by atomic mass is 32.1. The minimum Gasteiger partial charge on any atom is -0.497 e. The lowest BCUT2D eigenvalue weighted by atomic mass is 10.0. The van der Waals surface area contributed by atoms with E-state index in [0.717, 1.165) is 50.8 Å². The number of thiophene rings is 1. The maximum absolute atomic E-state index is 12.9. The van der Waals surface area contributed by atoms with Crippen LogP contribution in [0.25, 0.3) is 0 Å². The second-order valence-electron chi connectivity index (χ2n) is 10.3. The summed E-state index contributed by atoms with van der Waals surface area (Å²) in [6.07, 6.45) is 1.98. The van der Waals surface area contributed by atoms with Gasteiger partial charge in [-0.25, -0.2) is 4.39 Å². The van der Waals surface area contributed by atoms with Crippen molar-refractivity contribution in [2.75, 3.05) is 35.5 Å². The first-order valence-electron chi connectivity index (χ1n) is 15.6. The van der Waals surface area contributed by atoms with Crippen molar-refractivity contribution in [2.24, 2.45) is 27.7 Å². The Morgan fingerprint density at radius 2 is 1.10 bits per heavy atom. The van der Waals surface area contributed by atoms with Crippen molar-refractivity contribution in [3.05, 3.63) is 148 Å². The van der Waals surface area contributed by atoms with Crippen LogP contribution in [0.3, 0.4) is 0 Å². The molecule has 5 aromatic rings. The molecule has 0 atom stereocenters. The largest absolute Gasteiger partial charge is 0.497 e. The molecule has 0 aliphatic rings. The van der Waals surface area contributed by atoms with Gasteiger partial charge >= 0.3 is 0 Å². The van der Waals surface area contributed by atoms with Crippen molar-refractivity contribution < 1.29 is 28.5 Å². The number of rotatable bonds is 10. The predicted molar refractivity (Wildman–Crippen MR) is 206 cm³/mol. The molecule has 0 unspecified atom stereocenters. The zero-order chi connectivity index (χ0) is 37.4. The molecular formula is C39H46FN5O5S. The molecule has 51 heavy (non-hydrogen) atoms. The number of benzene rings is 3. The second-order valence-corrected chi connectivity index (χ2v) is 11.1. The van der Waals surface area contributed by atoms with Gasteiger partial charge in [-0.2, -0.15) is 11.3 Å². The lowest BCUT2D eigenvalue weighted by Crippen LogP contribution is -2.03. The van der Waals surface area contributed by atoms with E-state index in [9.17, 15) is 4.39 Å². The van der Waals surface area contributed by atoms with Crippen LogP contribution in [0, 0.1) is 5.82 Å². The monoisotopic (exact) mass is 715 g/mol. The normalized spacial score (nSPS) is 11.4. The first kappa shape index (κ1) is 41.4. The van der Waals surface area contributed by atoms with E-state index in [4.69, 9.17) is 9.57 Å². The Hall–Kier alpha value is -5.75. The summed E-state index contributed by atoms with van der Waals surface area (Å²) in [5.74, 6) is 0.576. The number of oxime groups is 4. The molecule has 0 saturated carbocycles. The second kappa shape index (κ2) is 23.6. The zero-order valence-corrected chi connectivity index (χ0v) is 31.3. The summed E-state index contributed by atoms with van der Waals surface area (Å²) in [6, 6.07) is 29.5. The number of halogens is 1. The zero-order valence-electron chi connectivity index (χ0n) is 30.5. The topological polar surface area (TPSA) is 101 Å².